The fourth-order valence-electron chi connectivity index (χ4n) is 2.20. The standard InChI is InChI=1S/C16H14F3N/c17-16(18,19)14-6-4-13(5-7-14)15-8-3-12(10-20-15)9-11-1-2-11/h3-8,10-11H,1-2,9H2. The molecule has 0 radical (unpaired) electrons. The largest absolute Gasteiger partial charge is 0.416 e. The minimum absolute atomic E-state index is 0.633. The van der Waals surface area contributed by atoms with Crippen molar-refractivity contribution in [2.45, 2.75) is 25.4 Å². The van der Waals surface area contributed by atoms with Crippen molar-refractivity contribution in [1.29, 1.82) is 0 Å². The van der Waals surface area contributed by atoms with Gasteiger partial charge in [-0.15, -0.1) is 0 Å². The Bertz CT molecular complexity index is 581. The van der Waals surface area contributed by atoms with E-state index in [4.69, 9.17) is 0 Å². The molecule has 104 valence electrons. The number of halogens is 3. The SMILES string of the molecule is FC(F)(F)c1ccc(-c2ccc(CC3CC3)cn2)cc1. The Kier molecular flexibility index (Phi) is 3.24. The molecule has 1 aliphatic carbocycles. The second kappa shape index (κ2) is 4.93. The van der Waals surface area contributed by atoms with Gasteiger partial charge in [0, 0.05) is 11.8 Å². The van der Waals surface area contributed by atoms with E-state index in [0.29, 0.717) is 11.3 Å². The lowest BCUT2D eigenvalue weighted by atomic mass is 10.1. The van der Waals surface area contributed by atoms with Crippen molar-refractivity contribution in [1.82, 2.24) is 4.98 Å². The van der Waals surface area contributed by atoms with Crippen molar-refractivity contribution < 1.29 is 13.2 Å². The summed E-state index contributed by atoms with van der Waals surface area (Å²) >= 11 is 0. The minimum Gasteiger partial charge on any atom is -0.256 e. The van der Waals surface area contributed by atoms with Crippen molar-refractivity contribution in [2.24, 2.45) is 5.92 Å². The predicted molar refractivity (Wildman–Crippen MR) is 71.1 cm³/mol. The highest BCUT2D eigenvalue weighted by Gasteiger charge is 2.30. The summed E-state index contributed by atoms with van der Waals surface area (Å²) in [6.07, 6.45) is 1.17. The summed E-state index contributed by atoms with van der Waals surface area (Å²) in [4.78, 5) is 4.34. The van der Waals surface area contributed by atoms with E-state index in [1.54, 1.807) is 0 Å². The second-order valence-corrected chi connectivity index (χ2v) is 5.27. The molecule has 0 N–H and O–H groups in total. The zero-order valence-corrected chi connectivity index (χ0v) is 10.8. The molecule has 1 nitrogen and oxygen atoms in total. The topological polar surface area (TPSA) is 12.9 Å². The number of nitrogens with zero attached hydrogens (tertiary/aromatic N) is 1. The highest BCUT2D eigenvalue weighted by molar-refractivity contribution is 5.59. The molecule has 0 bridgehead atoms. The molecule has 4 heteroatoms. The first-order valence-electron chi connectivity index (χ1n) is 6.65. The molecule has 0 spiro atoms. The van der Waals surface area contributed by atoms with E-state index in [1.807, 2.05) is 18.3 Å². The number of alkyl halides is 3. The molecule has 1 aliphatic rings. The van der Waals surface area contributed by atoms with Gasteiger partial charge in [0.1, 0.15) is 0 Å². The van der Waals surface area contributed by atoms with Gasteiger partial charge in [-0.25, -0.2) is 0 Å². The molecular formula is C16H14F3N. The van der Waals surface area contributed by atoms with Gasteiger partial charge in [0.05, 0.1) is 11.3 Å². The van der Waals surface area contributed by atoms with E-state index in [2.05, 4.69) is 4.98 Å². The van der Waals surface area contributed by atoms with Crippen LogP contribution in [0.4, 0.5) is 13.2 Å². The Morgan fingerprint density at radius 2 is 1.70 bits per heavy atom. The van der Waals surface area contributed by atoms with Gasteiger partial charge < -0.3 is 0 Å². The molecule has 0 amide bonds. The van der Waals surface area contributed by atoms with Gasteiger partial charge in [0.25, 0.3) is 0 Å². The van der Waals surface area contributed by atoms with E-state index in [0.717, 1.165) is 24.5 Å². The lowest BCUT2D eigenvalue weighted by Crippen LogP contribution is -2.04. The minimum atomic E-state index is -4.29. The van der Waals surface area contributed by atoms with Crippen LogP contribution in [0.5, 0.6) is 0 Å². The summed E-state index contributed by atoms with van der Waals surface area (Å²) in [7, 11) is 0. The highest BCUT2D eigenvalue weighted by atomic mass is 19.4. The number of pyridine rings is 1. The van der Waals surface area contributed by atoms with Crippen LogP contribution >= 0.6 is 0 Å². The molecule has 1 heterocycles. The monoisotopic (exact) mass is 277 g/mol. The molecule has 3 rings (SSSR count). The first-order valence-corrected chi connectivity index (χ1v) is 6.65. The summed E-state index contributed by atoms with van der Waals surface area (Å²) in [5.41, 5.74) is 1.98. The summed E-state index contributed by atoms with van der Waals surface area (Å²) in [5, 5.41) is 0. The summed E-state index contributed by atoms with van der Waals surface area (Å²) < 4.78 is 37.5. The molecule has 1 aromatic heterocycles. The van der Waals surface area contributed by atoms with Crippen LogP contribution in [-0.4, -0.2) is 4.98 Å². The van der Waals surface area contributed by atoms with Crippen LogP contribution in [0.3, 0.4) is 0 Å². The van der Waals surface area contributed by atoms with Crippen molar-refractivity contribution in [3.8, 4) is 11.3 Å². The third-order valence-electron chi connectivity index (χ3n) is 3.55. The summed E-state index contributed by atoms with van der Waals surface area (Å²) in [6, 6.07) is 9.00. The van der Waals surface area contributed by atoms with Crippen LogP contribution in [-0.2, 0) is 12.6 Å². The highest BCUT2D eigenvalue weighted by Crippen LogP contribution is 2.33. The number of aromatic nitrogens is 1. The number of benzene rings is 1. The maximum atomic E-state index is 12.5. The Morgan fingerprint density at radius 1 is 1.00 bits per heavy atom. The average Bonchev–Trinajstić information content (AvgIpc) is 3.23. The first kappa shape index (κ1) is 13.2. The van der Waals surface area contributed by atoms with Crippen molar-refractivity contribution in [3.63, 3.8) is 0 Å². The van der Waals surface area contributed by atoms with Gasteiger partial charge in [0.15, 0.2) is 0 Å². The maximum Gasteiger partial charge on any atom is 0.416 e. The van der Waals surface area contributed by atoms with Crippen molar-refractivity contribution >= 4 is 0 Å². The zero-order chi connectivity index (χ0) is 14.2. The van der Waals surface area contributed by atoms with E-state index >= 15 is 0 Å². The molecule has 0 aliphatic heterocycles. The van der Waals surface area contributed by atoms with Crippen LogP contribution in [0.15, 0.2) is 42.6 Å². The smallest absolute Gasteiger partial charge is 0.256 e. The van der Waals surface area contributed by atoms with Gasteiger partial charge >= 0.3 is 6.18 Å². The number of hydrogen-bond donors (Lipinski definition) is 0. The molecule has 20 heavy (non-hydrogen) atoms. The number of hydrogen-bond acceptors (Lipinski definition) is 1. The first-order chi connectivity index (χ1) is 9.52. The molecule has 1 fully saturated rings. The third kappa shape index (κ3) is 3.00. The molecule has 0 unspecified atom stereocenters. The average molecular weight is 277 g/mol. The van der Waals surface area contributed by atoms with Crippen molar-refractivity contribution in [2.75, 3.05) is 0 Å². The summed E-state index contributed by atoms with van der Waals surface area (Å²) in [6.45, 7) is 0. The second-order valence-electron chi connectivity index (χ2n) is 5.27. The van der Waals surface area contributed by atoms with E-state index in [9.17, 15) is 13.2 Å². The Hall–Kier alpha value is -1.84. The lowest BCUT2D eigenvalue weighted by Gasteiger charge is -2.07. The molecule has 0 saturated heterocycles. The normalized spacial score (nSPS) is 15.3. The Balaban J connectivity index is 1.77. The fraction of sp³-hybridized carbons (Fsp3) is 0.312. The maximum absolute atomic E-state index is 12.5. The van der Waals surface area contributed by atoms with E-state index in [-0.39, 0.29) is 0 Å². The Morgan fingerprint density at radius 3 is 2.20 bits per heavy atom. The van der Waals surface area contributed by atoms with Gasteiger partial charge in [-0.2, -0.15) is 13.2 Å². The molecular weight excluding hydrogens is 263 g/mol. The third-order valence-corrected chi connectivity index (χ3v) is 3.55. The van der Waals surface area contributed by atoms with Crippen molar-refractivity contribution in [3.05, 3.63) is 53.7 Å². The van der Waals surface area contributed by atoms with Crippen LogP contribution in [0.1, 0.15) is 24.0 Å². The Labute approximate surface area is 115 Å². The van der Waals surface area contributed by atoms with Gasteiger partial charge in [-0.05, 0) is 48.9 Å². The van der Waals surface area contributed by atoms with Gasteiger partial charge in [-0.3, -0.25) is 4.98 Å². The molecule has 1 saturated carbocycles. The zero-order valence-electron chi connectivity index (χ0n) is 10.8. The van der Waals surface area contributed by atoms with Crippen LogP contribution < -0.4 is 0 Å². The van der Waals surface area contributed by atoms with Crippen LogP contribution in [0.25, 0.3) is 11.3 Å². The lowest BCUT2D eigenvalue weighted by molar-refractivity contribution is -0.137. The summed E-state index contributed by atoms with van der Waals surface area (Å²) in [5.74, 6) is 0.800. The van der Waals surface area contributed by atoms with Crippen LogP contribution in [0.2, 0.25) is 0 Å². The quantitative estimate of drug-likeness (QED) is 0.791. The molecule has 2 aromatic rings. The van der Waals surface area contributed by atoms with Gasteiger partial charge in [-0.1, -0.05) is 18.2 Å². The van der Waals surface area contributed by atoms with E-state index in [1.165, 1.54) is 30.5 Å². The van der Waals surface area contributed by atoms with Crippen LogP contribution in [0, 0.1) is 5.92 Å². The van der Waals surface area contributed by atoms with Gasteiger partial charge in [0.2, 0.25) is 0 Å². The predicted octanol–water partition coefficient (Wildman–Crippen LogP) is 4.72. The molecule has 0 atom stereocenters. The van der Waals surface area contributed by atoms with E-state index < -0.39 is 11.7 Å². The molecule has 1 aromatic carbocycles. The fourth-order valence-corrected chi connectivity index (χ4v) is 2.20. The number of rotatable bonds is 3.